The molecule has 0 saturated heterocycles. The van der Waals surface area contributed by atoms with E-state index in [0.29, 0.717) is 0 Å². The number of nitrogens with two attached hydrogens (primary N) is 1. The summed E-state index contributed by atoms with van der Waals surface area (Å²) in [5, 5.41) is 19.6. The number of hydrogen-bond acceptors (Lipinski definition) is 6. The van der Waals surface area contributed by atoms with Gasteiger partial charge in [0.1, 0.15) is 11.7 Å². The molecule has 1 aliphatic rings. The molecular formula is C13H20N2O6. The molecule has 0 aliphatic heterocycles. The summed E-state index contributed by atoms with van der Waals surface area (Å²) < 4.78 is 11.0. The molecule has 0 spiro atoms. The SMILES string of the molecule is COC1C=CC([N+](=O)[O-])=CC1(OCCCC(=O)O)C(C)N. The number of carboxylic acids is 1. The lowest BCUT2D eigenvalue weighted by atomic mass is 9.84. The van der Waals surface area contributed by atoms with E-state index in [2.05, 4.69) is 0 Å². The Balaban J connectivity index is 2.95. The average Bonchev–Trinajstić information content (AvgIpc) is 2.42. The first-order chi connectivity index (χ1) is 9.83. The third-order valence-corrected chi connectivity index (χ3v) is 3.32. The first kappa shape index (κ1) is 17.3. The van der Waals surface area contributed by atoms with Crippen molar-refractivity contribution in [3.8, 4) is 0 Å². The van der Waals surface area contributed by atoms with Gasteiger partial charge in [0.05, 0.1) is 4.92 Å². The Labute approximate surface area is 122 Å². The average molecular weight is 300 g/mol. The van der Waals surface area contributed by atoms with Gasteiger partial charge in [-0.1, -0.05) is 0 Å². The lowest BCUT2D eigenvalue weighted by Crippen LogP contribution is -2.56. The smallest absolute Gasteiger partial charge is 0.303 e. The molecule has 0 aromatic heterocycles. The highest BCUT2D eigenvalue weighted by atomic mass is 16.6. The summed E-state index contributed by atoms with van der Waals surface area (Å²) in [7, 11) is 1.46. The molecule has 8 nitrogen and oxygen atoms in total. The zero-order chi connectivity index (χ0) is 16.0. The molecule has 1 rings (SSSR count). The lowest BCUT2D eigenvalue weighted by molar-refractivity contribution is -0.420. The topological polar surface area (TPSA) is 125 Å². The van der Waals surface area contributed by atoms with Gasteiger partial charge >= 0.3 is 5.97 Å². The molecule has 0 fully saturated rings. The predicted octanol–water partition coefficient (Wildman–Crippen LogP) is 0.699. The molecule has 0 heterocycles. The Morgan fingerprint density at radius 2 is 2.33 bits per heavy atom. The van der Waals surface area contributed by atoms with Crippen LogP contribution in [0, 0.1) is 10.1 Å². The van der Waals surface area contributed by atoms with Gasteiger partial charge in [0, 0.05) is 38.3 Å². The first-order valence-electron chi connectivity index (χ1n) is 6.53. The van der Waals surface area contributed by atoms with Gasteiger partial charge in [-0.05, 0) is 19.4 Å². The normalized spacial score (nSPS) is 26.2. The Hall–Kier alpha value is -1.77. The minimum absolute atomic E-state index is 0.0473. The summed E-state index contributed by atoms with van der Waals surface area (Å²) in [5.74, 6) is -0.929. The van der Waals surface area contributed by atoms with Gasteiger partial charge in [-0.2, -0.15) is 0 Å². The number of nitro groups is 1. The largest absolute Gasteiger partial charge is 0.481 e. The van der Waals surface area contributed by atoms with Crippen LogP contribution in [0.3, 0.4) is 0 Å². The second-order valence-corrected chi connectivity index (χ2v) is 4.83. The molecule has 3 atom stereocenters. The van der Waals surface area contributed by atoms with E-state index < -0.39 is 28.6 Å². The monoisotopic (exact) mass is 300 g/mol. The molecule has 21 heavy (non-hydrogen) atoms. The van der Waals surface area contributed by atoms with E-state index in [-0.39, 0.29) is 25.1 Å². The van der Waals surface area contributed by atoms with Gasteiger partial charge in [0.15, 0.2) is 0 Å². The number of methoxy groups -OCH3 is 1. The van der Waals surface area contributed by atoms with E-state index in [9.17, 15) is 14.9 Å². The number of carbonyl (C=O) groups is 1. The maximum atomic E-state index is 11.0. The molecular weight excluding hydrogens is 280 g/mol. The standard InChI is InChI=1S/C13H20N2O6/c1-9(14)13(21-7-3-4-12(16)17)8-10(15(18)19)5-6-11(13)20-2/h5-6,8-9,11H,3-4,7,14H2,1-2H3,(H,16,17). The van der Waals surface area contributed by atoms with Crippen LogP contribution < -0.4 is 5.73 Å². The van der Waals surface area contributed by atoms with E-state index in [0.717, 1.165) is 0 Å². The summed E-state index contributed by atoms with van der Waals surface area (Å²) >= 11 is 0. The van der Waals surface area contributed by atoms with E-state index in [1.54, 1.807) is 6.92 Å². The Kier molecular flexibility index (Phi) is 6.01. The van der Waals surface area contributed by atoms with Crippen molar-refractivity contribution in [2.24, 2.45) is 5.73 Å². The molecule has 0 aromatic rings. The van der Waals surface area contributed by atoms with Crippen LogP contribution in [0.5, 0.6) is 0 Å². The number of allylic oxidation sites excluding steroid dienone is 1. The number of aliphatic carboxylic acids is 1. The Morgan fingerprint density at radius 1 is 1.67 bits per heavy atom. The highest BCUT2D eigenvalue weighted by Crippen LogP contribution is 2.31. The molecule has 0 amide bonds. The third-order valence-electron chi connectivity index (χ3n) is 3.32. The molecule has 0 aromatic carbocycles. The molecule has 3 N–H and O–H groups in total. The lowest BCUT2D eigenvalue weighted by Gasteiger charge is -2.40. The van der Waals surface area contributed by atoms with E-state index in [1.807, 2.05) is 0 Å². The summed E-state index contributed by atoms with van der Waals surface area (Å²) in [5.41, 5.74) is 4.63. The van der Waals surface area contributed by atoms with Crippen LogP contribution in [0.4, 0.5) is 0 Å². The molecule has 0 saturated carbocycles. The minimum atomic E-state index is -1.19. The van der Waals surface area contributed by atoms with E-state index in [1.165, 1.54) is 25.3 Å². The van der Waals surface area contributed by atoms with Crippen LogP contribution in [0.1, 0.15) is 19.8 Å². The summed E-state index contributed by atoms with van der Waals surface area (Å²) in [6.07, 6.45) is 3.87. The van der Waals surface area contributed by atoms with E-state index >= 15 is 0 Å². The zero-order valence-electron chi connectivity index (χ0n) is 12.0. The number of carboxylic acid groups (broad SMARTS) is 1. The maximum Gasteiger partial charge on any atom is 0.303 e. The molecule has 3 unspecified atom stereocenters. The molecule has 0 radical (unpaired) electrons. The molecule has 0 bridgehead atoms. The van der Waals surface area contributed by atoms with Gasteiger partial charge in [0.2, 0.25) is 0 Å². The Bertz CT molecular complexity index is 460. The van der Waals surface area contributed by atoms with Crippen LogP contribution in [-0.2, 0) is 14.3 Å². The van der Waals surface area contributed by atoms with Crippen LogP contribution in [0.15, 0.2) is 23.9 Å². The van der Waals surface area contributed by atoms with Crippen molar-refractivity contribution in [2.45, 2.75) is 37.5 Å². The number of nitrogens with zero attached hydrogens (tertiary/aromatic N) is 1. The molecule has 118 valence electrons. The quantitative estimate of drug-likeness (QED) is 0.384. The van der Waals surface area contributed by atoms with Crippen LogP contribution in [0.25, 0.3) is 0 Å². The van der Waals surface area contributed by atoms with Crippen LogP contribution >= 0.6 is 0 Å². The van der Waals surface area contributed by atoms with Crippen LogP contribution in [0.2, 0.25) is 0 Å². The molecule has 1 aliphatic carbocycles. The van der Waals surface area contributed by atoms with Gasteiger partial charge in [-0.15, -0.1) is 0 Å². The molecule has 8 heteroatoms. The highest BCUT2D eigenvalue weighted by molar-refractivity contribution is 5.66. The fourth-order valence-corrected chi connectivity index (χ4v) is 2.19. The van der Waals surface area contributed by atoms with Gasteiger partial charge < -0.3 is 20.3 Å². The maximum absolute atomic E-state index is 11.0. The van der Waals surface area contributed by atoms with Crippen LogP contribution in [-0.4, -0.2) is 47.5 Å². The summed E-state index contributed by atoms with van der Waals surface area (Å²) in [6.45, 7) is 1.78. The van der Waals surface area contributed by atoms with Crippen molar-refractivity contribution in [1.82, 2.24) is 0 Å². The van der Waals surface area contributed by atoms with Crippen molar-refractivity contribution in [2.75, 3.05) is 13.7 Å². The van der Waals surface area contributed by atoms with Crippen molar-refractivity contribution in [1.29, 1.82) is 0 Å². The fourth-order valence-electron chi connectivity index (χ4n) is 2.19. The third kappa shape index (κ3) is 4.10. The summed E-state index contributed by atoms with van der Waals surface area (Å²) in [6, 6.07) is -0.577. The number of rotatable bonds is 8. The van der Waals surface area contributed by atoms with Crippen molar-refractivity contribution in [3.63, 3.8) is 0 Å². The summed E-state index contributed by atoms with van der Waals surface area (Å²) in [4.78, 5) is 20.9. The fraction of sp³-hybridized carbons (Fsp3) is 0.615. The Morgan fingerprint density at radius 3 is 2.81 bits per heavy atom. The van der Waals surface area contributed by atoms with Crippen molar-refractivity contribution in [3.05, 3.63) is 34.0 Å². The zero-order valence-corrected chi connectivity index (χ0v) is 12.0. The van der Waals surface area contributed by atoms with E-state index in [4.69, 9.17) is 20.3 Å². The first-order valence-corrected chi connectivity index (χ1v) is 6.53. The second-order valence-electron chi connectivity index (χ2n) is 4.83. The predicted molar refractivity (Wildman–Crippen MR) is 74.2 cm³/mol. The van der Waals surface area contributed by atoms with Gasteiger partial charge in [-0.25, -0.2) is 0 Å². The van der Waals surface area contributed by atoms with Gasteiger partial charge in [-0.3, -0.25) is 14.9 Å². The number of hydrogen-bond donors (Lipinski definition) is 2. The highest BCUT2D eigenvalue weighted by Gasteiger charge is 2.45. The number of ether oxygens (including phenoxy) is 2. The van der Waals surface area contributed by atoms with Crippen molar-refractivity contribution < 1.29 is 24.3 Å². The second kappa shape index (κ2) is 7.30. The van der Waals surface area contributed by atoms with Gasteiger partial charge in [0.25, 0.3) is 5.70 Å². The van der Waals surface area contributed by atoms with Crippen molar-refractivity contribution >= 4 is 5.97 Å². The minimum Gasteiger partial charge on any atom is -0.481 e.